The van der Waals surface area contributed by atoms with Crippen LogP contribution in [-0.4, -0.2) is 17.1 Å². The van der Waals surface area contributed by atoms with Crippen LogP contribution in [0.1, 0.15) is 34.8 Å². The number of hydrogen-bond donors (Lipinski definition) is 0. The van der Waals surface area contributed by atoms with Crippen LogP contribution >= 0.6 is 0 Å². The number of rotatable bonds is 5. The molecule has 0 saturated heterocycles. The van der Waals surface area contributed by atoms with Gasteiger partial charge in [0.1, 0.15) is 0 Å². The van der Waals surface area contributed by atoms with Crippen LogP contribution in [0.3, 0.4) is 0 Å². The molecule has 0 spiro atoms. The topological polar surface area (TPSA) is 48.3 Å². The fraction of sp³-hybridized carbons (Fsp3) is 0.294. The number of carbonyl (C=O) groups is 1. The summed E-state index contributed by atoms with van der Waals surface area (Å²) in [6.45, 7) is 2.08. The first-order valence-electron chi connectivity index (χ1n) is 7.35. The molecule has 0 aliphatic rings. The standard InChI is InChI=1S/C17H16F3NO3/c1-2-8-24-16(23)13-5-3-4-12(9-13)10-21-11-14(17(18,19)20)6-7-15(21)22/h3-7,9,11H,2,8,10H2,1H3. The molecule has 0 atom stereocenters. The second-order valence-electron chi connectivity index (χ2n) is 5.22. The van der Waals surface area contributed by atoms with Gasteiger partial charge < -0.3 is 9.30 Å². The maximum Gasteiger partial charge on any atom is 0.417 e. The molecular weight excluding hydrogens is 323 g/mol. The Hall–Kier alpha value is -2.57. The molecule has 0 bridgehead atoms. The average Bonchev–Trinajstić information content (AvgIpc) is 2.54. The molecule has 7 heteroatoms. The van der Waals surface area contributed by atoms with Crippen LogP contribution in [0.5, 0.6) is 0 Å². The molecule has 0 unspecified atom stereocenters. The summed E-state index contributed by atoms with van der Waals surface area (Å²) in [6.07, 6.45) is -3.07. The van der Waals surface area contributed by atoms with E-state index in [0.717, 1.165) is 22.9 Å². The van der Waals surface area contributed by atoms with E-state index in [2.05, 4.69) is 0 Å². The lowest BCUT2D eigenvalue weighted by Gasteiger charge is -2.11. The van der Waals surface area contributed by atoms with Crippen molar-refractivity contribution in [2.45, 2.75) is 26.1 Å². The third-order valence-corrected chi connectivity index (χ3v) is 3.26. The highest BCUT2D eigenvalue weighted by atomic mass is 19.4. The summed E-state index contributed by atoms with van der Waals surface area (Å²) < 4.78 is 44.2. The number of nitrogens with zero attached hydrogens (tertiary/aromatic N) is 1. The number of hydrogen-bond acceptors (Lipinski definition) is 3. The van der Waals surface area contributed by atoms with Crippen LogP contribution < -0.4 is 5.56 Å². The van der Waals surface area contributed by atoms with Crippen LogP contribution in [0.2, 0.25) is 0 Å². The second-order valence-corrected chi connectivity index (χ2v) is 5.22. The van der Waals surface area contributed by atoms with Gasteiger partial charge in [-0.2, -0.15) is 13.2 Å². The van der Waals surface area contributed by atoms with Gasteiger partial charge in [-0.15, -0.1) is 0 Å². The van der Waals surface area contributed by atoms with Crippen molar-refractivity contribution in [3.8, 4) is 0 Å². The quantitative estimate of drug-likeness (QED) is 0.784. The van der Waals surface area contributed by atoms with Crippen LogP contribution in [0.4, 0.5) is 13.2 Å². The van der Waals surface area contributed by atoms with Crippen molar-refractivity contribution < 1.29 is 22.7 Å². The van der Waals surface area contributed by atoms with E-state index in [1.807, 2.05) is 6.92 Å². The summed E-state index contributed by atoms with van der Waals surface area (Å²) in [6, 6.07) is 7.90. The first-order chi connectivity index (χ1) is 11.3. The summed E-state index contributed by atoms with van der Waals surface area (Å²) in [7, 11) is 0. The SMILES string of the molecule is CCCOC(=O)c1cccc(Cn2cc(C(F)(F)F)ccc2=O)c1. The summed E-state index contributed by atoms with van der Waals surface area (Å²) in [5, 5.41) is 0. The predicted octanol–water partition coefficient (Wildman–Crippen LogP) is 3.48. The lowest BCUT2D eigenvalue weighted by Crippen LogP contribution is -2.22. The van der Waals surface area contributed by atoms with Gasteiger partial charge in [0.15, 0.2) is 0 Å². The molecule has 1 heterocycles. The zero-order valence-corrected chi connectivity index (χ0v) is 13.0. The first kappa shape index (κ1) is 17.8. The number of carbonyl (C=O) groups excluding carboxylic acids is 1. The number of halogens is 3. The normalized spacial score (nSPS) is 11.3. The van der Waals surface area contributed by atoms with Crippen molar-refractivity contribution in [3.63, 3.8) is 0 Å². The molecule has 0 N–H and O–H groups in total. The van der Waals surface area contributed by atoms with Crippen LogP contribution in [-0.2, 0) is 17.5 Å². The lowest BCUT2D eigenvalue weighted by atomic mass is 10.1. The summed E-state index contributed by atoms with van der Waals surface area (Å²) >= 11 is 0. The van der Waals surface area contributed by atoms with Gasteiger partial charge in [-0.1, -0.05) is 19.1 Å². The van der Waals surface area contributed by atoms with E-state index in [9.17, 15) is 22.8 Å². The summed E-state index contributed by atoms with van der Waals surface area (Å²) in [4.78, 5) is 23.6. The summed E-state index contributed by atoms with van der Waals surface area (Å²) in [5.41, 5.74) is -0.633. The Morgan fingerprint density at radius 1 is 1.21 bits per heavy atom. The van der Waals surface area contributed by atoms with E-state index in [0.29, 0.717) is 17.5 Å². The van der Waals surface area contributed by atoms with Crippen molar-refractivity contribution in [1.29, 1.82) is 0 Å². The second kappa shape index (κ2) is 7.33. The molecule has 24 heavy (non-hydrogen) atoms. The molecule has 0 aliphatic carbocycles. The zero-order valence-electron chi connectivity index (χ0n) is 13.0. The lowest BCUT2D eigenvalue weighted by molar-refractivity contribution is -0.138. The predicted molar refractivity (Wildman–Crippen MR) is 81.8 cm³/mol. The van der Waals surface area contributed by atoms with Crippen molar-refractivity contribution in [1.82, 2.24) is 4.57 Å². The molecule has 128 valence electrons. The Bertz CT molecular complexity index is 781. The van der Waals surface area contributed by atoms with E-state index in [-0.39, 0.29) is 13.2 Å². The first-order valence-corrected chi connectivity index (χ1v) is 7.35. The fourth-order valence-corrected chi connectivity index (χ4v) is 2.09. The van der Waals surface area contributed by atoms with E-state index in [1.54, 1.807) is 18.2 Å². The molecule has 1 aromatic heterocycles. The molecule has 0 fully saturated rings. The summed E-state index contributed by atoms with van der Waals surface area (Å²) in [5.74, 6) is -0.505. The van der Waals surface area contributed by atoms with Crippen molar-refractivity contribution in [3.05, 3.63) is 69.6 Å². The number of alkyl halides is 3. The van der Waals surface area contributed by atoms with Crippen molar-refractivity contribution in [2.24, 2.45) is 0 Å². The van der Waals surface area contributed by atoms with Gasteiger partial charge in [-0.3, -0.25) is 4.79 Å². The number of ether oxygens (including phenoxy) is 1. The van der Waals surface area contributed by atoms with Crippen molar-refractivity contribution in [2.75, 3.05) is 6.61 Å². The fourth-order valence-electron chi connectivity index (χ4n) is 2.09. The van der Waals surface area contributed by atoms with Gasteiger partial charge >= 0.3 is 12.1 Å². The molecular formula is C17H16F3NO3. The Balaban J connectivity index is 2.26. The van der Waals surface area contributed by atoms with Gasteiger partial charge in [0.25, 0.3) is 5.56 Å². The van der Waals surface area contributed by atoms with E-state index >= 15 is 0 Å². The molecule has 0 aliphatic heterocycles. The van der Waals surface area contributed by atoms with Gasteiger partial charge in [-0.05, 0) is 30.2 Å². The monoisotopic (exact) mass is 339 g/mol. The minimum atomic E-state index is -4.53. The average molecular weight is 339 g/mol. The van der Waals surface area contributed by atoms with Gasteiger partial charge in [0, 0.05) is 12.3 Å². The Kier molecular flexibility index (Phi) is 5.43. The van der Waals surface area contributed by atoms with Crippen LogP contribution in [0.25, 0.3) is 0 Å². The highest BCUT2D eigenvalue weighted by molar-refractivity contribution is 5.89. The van der Waals surface area contributed by atoms with Crippen LogP contribution in [0, 0.1) is 0 Å². The molecule has 2 aromatic rings. The molecule has 0 amide bonds. The smallest absolute Gasteiger partial charge is 0.417 e. The largest absolute Gasteiger partial charge is 0.462 e. The minimum absolute atomic E-state index is 0.0718. The van der Waals surface area contributed by atoms with Crippen molar-refractivity contribution >= 4 is 5.97 Å². The third kappa shape index (κ3) is 4.47. The van der Waals surface area contributed by atoms with E-state index in [4.69, 9.17) is 4.74 Å². The number of esters is 1. The van der Waals surface area contributed by atoms with E-state index in [1.165, 1.54) is 6.07 Å². The van der Waals surface area contributed by atoms with Gasteiger partial charge in [-0.25, -0.2) is 4.79 Å². The minimum Gasteiger partial charge on any atom is -0.462 e. The highest BCUT2D eigenvalue weighted by Gasteiger charge is 2.31. The molecule has 0 saturated carbocycles. The molecule has 2 rings (SSSR count). The highest BCUT2D eigenvalue weighted by Crippen LogP contribution is 2.28. The zero-order chi connectivity index (χ0) is 17.7. The Labute approximate surface area is 136 Å². The number of aromatic nitrogens is 1. The Morgan fingerprint density at radius 3 is 2.62 bits per heavy atom. The van der Waals surface area contributed by atoms with Crippen LogP contribution in [0.15, 0.2) is 47.4 Å². The number of benzene rings is 1. The molecule has 0 radical (unpaired) electrons. The maximum absolute atomic E-state index is 12.8. The van der Waals surface area contributed by atoms with Gasteiger partial charge in [0.2, 0.25) is 0 Å². The maximum atomic E-state index is 12.8. The third-order valence-electron chi connectivity index (χ3n) is 3.26. The van der Waals surface area contributed by atoms with Gasteiger partial charge in [0.05, 0.1) is 24.3 Å². The molecule has 1 aromatic carbocycles. The van der Waals surface area contributed by atoms with E-state index < -0.39 is 23.3 Å². The number of pyridine rings is 1. The Morgan fingerprint density at radius 2 is 1.96 bits per heavy atom. The molecule has 4 nitrogen and oxygen atoms in total.